The van der Waals surface area contributed by atoms with Gasteiger partial charge < -0.3 is 14.4 Å². The molecule has 5 nitrogen and oxygen atoms in total. The van der Waals surface area contributed by atoms with E-state index in [1.54, 1.807) is 32.9 Å². The minimum Gasteiger partial charge on any atom is -0.462 e. The Morgan fingerprint density at radius 3 is 1.76 bits per heavy atom. The van der Waals surface area contributed by atoms with Gasteiger partial charge in [-0.15, -0.1) is 0 Å². The van der Waals surface area contributed by atoms with Crippen molar-refractivity contribution in [1.82, 2.24) is 0 Å². The van der Waals surface area contributed by atoms with Crippen molar-refractivity contribution in [2.24, 2.45) is 0 Å². The summed E-state index contributed by atoms with van der Waals surface area (Å²) in [6.45, 7) is 9.82. The van der Waals surface area contributed by atoms with Crippen LogP contribution in [-0.2, 0) is 9.47 Å². The molecule has 0 fully saturated rings. The number of rotatable bonds is 5. The predicted octanol–water partition coefficient (Wildman–Crippen LogP) is 4.37. The highest BCUT2D eigenvalue weighted by molar-refractivity contribution is 6.00. The van der Waals surface area contributed by atoms with Gasteiger partial charge in [0.15, 0.2) is 0 Å². The molecule has 0 spiro atoms. The van der Waals surface area contributed by atoms with Crippen molar-refractivity contribution in [1.29, 1.82) is 0 Å². The molecule has 1 aliphatic heterocycles. The first-order valence-electron chi connectivity index (χ1n) is 8.53. The third-order valence-electron chi connectivity index (χ3n) is 4.17. The number of carbonyl (C=O) groups is 2. The molecule has 0 aliphatic carbocycles. The van der Waals surface area contributed by atoms with Crippen LogP contribution in [0.25, 0.3) is 0 Å². The standard InChI is InChI=1S/C20H25NO4/c1-6-24-19(22)17-11-16(21-13(3)9-8-10-14(21)4)12-18(15(17)5)20(23)25-7-2/h9-12H,6-8H2,1-5H3. The molecule has 0 amide bonds. The summed E-state index contributed by atoms with van der Waals surface area (Å²) < 4.78 is 10.3. The van der Waals surface area contributed by atoms with Crippen molar-refractivity contribution in [3.05, 3.63) is 52.4 Å². The monoisotopic (exact) mass is 343 g/mol. The van der Waals surface area contributed by atoms with Gasteiger partial charge in [0.1, 0.15) is 0 Å². The summed E-state index contributed by atoms with van der Waals surface area (Å²) in [6, 6.07) is 3.55. The minimum atomic E-state index is -0.437. The van der Waals surface area contributed by atoms with Crippen molar-refractivity contribution < 1.29 is 19.1 Å². The fourth-order valence-electron chi connectivity index (χ4n) is 2.94. The Bertz CT molecular complexity index is 689. The molecule has 0 saturated carbocycles. The Hall–Kier alpha value is -2.56. The third-order valence-corrected chi connectivity index (χ3v) is 4.17. The quantitative estimate of drug-likeness (QED) is 0.743. The zero-order valence-corrected chi connectivity index (χ0v) is 15.5. The van der Waals surface area contributed by atoms with E-state index in [1.165, 1.54) is 0 Å². The van der Waals surface area contributed by atoms with Crippen LogP contribution in [-0.4, -0.2) is 25.2 Å². The van der Waals surface area contributed by atoms with Gasteiger partial charge >= 0.3 is 11.9 Å². The van der Waals surface area contributed by atoms with E-state index in [4.69, 9.17) is 9.47 Å². The maximum atomic E-state index is 12.4. The molecule has 1 aromatic carbocycles. The van der Waals surface area contributed by atoms with Crippen LogP contribution in [0.3, 0.4) is 0 Å². The Morgan fingerprint density at radius 1 is 0.920 bits per heavy atom. The molecular formula is C20H25NO4. The maximum absolute atomic E-state index is 12.4. The molecule has 0 radical (unpaired) electrons. The van der Waals surface area contributed by atoms with E-state index >= 15 is 0 Å². The van der Waals surface area contributed by atoms with Gasteiger partial charge in [0.25, 0.3) is 0 Å². The maximum Gasteiger partial charge on any atom is 0.338 e. The summed E-state index contributed by atoms with van der Waals surface area (Å²) in [6.07, 6.45) is 5.07. The molecule has 0 bridgehead atoms. The van der Waals surface area contributed by atoms with Gasteiger partial charge in [-0.3, -0.25) is 0 Å². The van der Waals surface area contributed by atoms with Gasteiger partial charge in [0.05, 0.1) is 24.3 Å². The number of esters is 2. The first-order chi connectivity index (χ1) is 11.9. The lowest BCUT2D eigenvalue weighted by molar-refractivity contribution is 0.0523. The molecular weight excluding hydrogens is 318 g/mol. The summed E-state index contributed by atoms with van der Waals surface area (Å²) >= 11 is 0. The fraction of sp³-hybridized carbons (Fsp3) is 0.400. The molecule has 0 aromatic heterocycles. The van der Waals surface area contributed by atoms with E-state index in [0.717, 1.165) is 23.5 Å². The number of allylic oxidation sites excluding steroid dienone is 4. The van der Waals surface area contributed by atoms with Gasteiger partial charge in [0, 0.05) is 17.1 Å². The van der Waals surface area contributed by atoms with Crippen LogP contribution in [0.5, 0.6) is 0 Å². The highest BCUT2D eigenvalue weighted by Gasteiger charge is 2.23. The van der Waals surface area contributed by atoms with Crippen LogP contribution in [0.4, 0.5) is 5.69 Å². The summed E-state index contributed by atoms with van der Waals surface area (Å²) in [5, 5.41) is 0. The molecule has 1 aromatic rings. The lowest BCUT2D eigenvalue weighted by Crippen LogP contribution is -2.23. The smallest absolute Gasteiger partial charge is 0.338 e. The van der Waals surface area contributed by atoms with Crippen LogP contribution < -0.4 is 4.90 Å². The summed E-state index contributed by atoms with van der Waals surface area (Å²) in [5.41, 5.74) is 4.18. The van der Waals surface area contributed by atoms with Crippen molar-refractivity contribution in [2.75, 3.05) is 18.1 Å². The van der Waals surface area contributed by atoms with E-state index in [2.05, 4.69) is 12.2 Å². The topological polar surface area (TPSA) is 55.8 Å². The molecule has 1 heterocycles. The molecule has 0 saturated heterocycles. The Balaban J connectivity index is 2.62. The SMILES string of the molecule is CCOC(=O)c1cc(N2C(C)=CCC=C2C)cc(C(=O)OCC)c1C. The largest absolute Gasteiger partial charge is 0.462 e. The zero-order chi connectivity index (χ0) is 18.6. The Morgan fingerprint density at radius 2 is 1.36 bits per heavy atom. The number of ether oxygens (including phenoxy) is 2. The molecule has 0 unspecified atom stereocenters. The van der Waals surface area contributed by atoms with Crippen molar-refractivity contribution in [2.45, 2.75) is 41.0 Å². The Kier molecular flexibility index (Phi) is 6.02. The number of hydrogen-bond donors (Lipinski definition) is 0. The molecule has 5 heteroatoms. The summed E-state index contributed by atoms with van der Waals surface area (Å²) in [5.74, 6) is -0.875. The summed E-state index contributed by atoms with van der Waals surface area (Å²) in [4.78, 5) is 26.8. The van der Waals surface area contributed by atoms with Gasteiger partial charge in [-0.05, 0) is 58.7 Å². The second kappa shape index (κ2) is 8.01. The number of carbonyl (C=O) groups excluding carboxylic acids is 2. The molecule has 25 heavy (non-hydrogen) atoms. The number of hydrogen-bond acceptors (Lipinski definition) is 5. The highest BCUT2D eigenvalue weighted by atomic mass is 16.5. The van der Waals surface area contributed by atoms with Crippen LogP contribution in [0.15, 0.2) is 35.7 Å². The summed E-state index contributed by atoms with van der Waals surface area (Å²) in [7, 11) is 0. The molecule has 0 N–H and O–H groups in total. The van der Waals surface area contributed by atoms with Crippen molar-refractivity contribution in [3.8, 4) is 0 Å². The third kappa shape index (κ3) is 3.92. The molecule has 1 aliphatic rings. The predicted molar refractivity (Wildman–Crippen MR) is 97.7 cm³/mol. The van der Waals surface area contributed by atoms with Crippen LogP contribution >= 0.6 is 0 Å². The average Bonchev–Trinajstić information content (AvgIpc) is 2.56. The van der Waals surface area contributed by atoms with Gasteiger partial charge in [-0.25, -0.2) is 9.59 Å². The number of benzene rings is 1. The van der Waals surface area contributed by atoms with E-state index in [1.807, 2.05) is 18.7 Å². The second-order valence-corrected chi connectivity index (χ2v) is 5.87. The number of nitrogens with zero attached hydrogens (tertiary/aromatic N) is 1. The molecule has 134 valence electrons. The minimum absolute atomic E-state index is 0.277. The first kappa shape index (κ1) is 18.8. The van der Waals surface area contributed by atoms with Crippen LogP contribution in [0.1, 0.15) is 60.4 Å². The van der Waals surface area contributed by atoms with Gasteiger partial charge in [-0.1, -0.05) is 12.2 Å². The Labute approximate surface area is 148 Å². The van der Waals surface area contributed by atoms with Crippen LogP contribution in [0, 0.1) is 6.92 Å². The van der Waals surface area contributed by atoms with E-state index < -0.39 is 11.9 Å². The molecule has 0 atom stereocenters. The second-order valence-electron chi connectivity index (χ2n) is 5.87. The van der Waals surface area contributed by atoms with Crippen LogP contribution in [0.2, 0.25) is 0 Å². The van der Waals surface area contributed by atoms with Crippen molar-refractivity contribution >= 4 is 17.6 Å². The first-order valence-corrected chi connectivity index (χ1v) is 8.53. The zero-order valence-electron chi connectivity index (χ0n) is 15.5. The fourth-order valence-corrected chi connectivity index (χ4v) is 2.94. The average molecular weight is 343 g/mol. The normalized spacial score (nSPS) is 13.9. The lowest BCUT2D eigenvalue weighted by Gasteiger charge is -2.30. The number of anilines is 1. The molecule has 2 rings (SSSR count). The van der Waals surface area contributed by atoms with Gasteiger partial charge in [-0.2, -0.15) is 0 Å². The lowest BCUT2D eigenvalue weighted by atomic mass is 9.99. The van der Waals surface area contributed by atoms with E-state index in [-0.39, 0.29) is 13.2 Å². The highest BCUT2D eigenvalue weighted by Crippen LogP contribution is 2.32. The van der Waals surface area contributed by atoms with E-state index in [0.29, 0.717) is 16.7 Å². The van der Waals surface area contributed by atoms with Crippen molar-refractivity contribution in [3.63, 3.8) is 0 Å². The van der Waals surface area contributed by atoms with Gasteiger partial charge in [0.2, 0.25) is 0 Å². The van der Waals surface area contributed by atoms with E-state index in [9.17, 15) is 9.59 Å².